The minimum absolute atomic E-state index is 0.00500. The lowest BCUT2D eigenvalue weighted by atomic mass is 9.79. The van der Waals surface area contributed by atoms with Crippen molar-refractivity contribution in [1.29, 1.82) is 0 Å². The molecule has 1 aromatic rings. The Hall–Kier alpha value is -1.36. The summed E-state index contributed by atoms with van der Waals surface area (Å²) < 4.78 is 38.1. The molecule has 1 aromatic carbocycles. The third-order valence-electron chi connectivity index (χ3n) is 3.81. The first-order chi connectivity index (χ1) is 8.73. The molecule has 2 nitrogen and oxygen atoms in total. The molecule has 104 valence electrons. The summed E-state index contributed by atoms with van der Waals surface area (Å²) in [5, 5.41) is 0. The van der Waals surface area contributed by atoms with Crippen LogP contribution >= 0.6 is 0 Å². The van der Waals surface area contributed by atoms with Gasteiger partial charge in [-0.2, -0.15) is 13.2 Å². The number of Topliss-reactive ketones (excluding diaryl/α,β-unsaturated/α-hetero) is 1. The maximum absolute atomic E-state index is 12.7. The zero-order valence-electron chi connectivity index (χ0n) is 10.6. The van der Waals surface area contributed by atoms with E-state index in [4.69, 9.17) is 5.73 Å². The second-order valence-electron chi connectivity index (χ2n) is 5.28. The molecule has 2 rings (SSSR count). The smallest absolute Gasteiger partial charge is 0.311 e. The normalized spacial score (nSPS) is 19.6. The number of ketones is 1. The maximum Gasteiger partial charge on any atom is 0.413 e. The fourth-order valence-corrected chi connectivity index (χ4v) is 2.08. The van der Waals surface area contributed by atoms with Crippen molar-refractivity contribution in [2.45, 2.75) is 43.8 Å². The molecule has 2 N–H and O–H groups in total. The van der Waals surface area contributed by atoms with E-state index in [0.717, 1.165) is 18.4 Å². The van der Waals surface area contributed by atoms with Crippen LogP contribution in [0.3, 0.4) is 0 Å². The van der Waals surface area contributed by atoms with E-state index in [1.807, 2.05) is 0 Å². The summed E-state index contributed by atoms with van der Waals surface area (Å²) in [5.41, 5.74) is 3.37. The van der Waals surface area contributed by atoms with Crippen molar-refractivity contribution in [3.05, 3.63) is 35.4 Å². The largest absolute Gasteiger partial charge is 0.413 e. The first kappa shape index (κ1) is 14.1. The second-order valence-corrected chi connectivity index (χ2v) is 5.28. The molecule has 0 radical (unpaired) electrons. The van der Waals surface area contributed by atoms with Gasteiger partial charge in [-0.1, -0.05) is 30.7 Å². The first-order valence-electron chi connectivity index (χ1n) is 6.24. The van der Waals surface area contributed by atoms with Crippen molar-refractivity contribution in [3.8, 4) is 0 Å². The van der Waals surface area contributed by atoms with E-state index in [0.29, 0.717) is 12.8 Å². The molecule has 0 bridgehead atoms. The molecule has 0 aliphatic heterocycles. The first-order valence-corrected chi connectivity index (χ1v) is 6.24. The Balaban J connectivity index is 2.20. The summed E-state index contributed by atoms with van der Waals surface area (Å²) in [6, 6.07) is 6.33. The summed E-state index contributed by atoms with van der Waals surface area (Å²) in [5.74, 6) is -0.615. The van der Waals surface area contributed by atoms with Crippen molar-refractivity contribution in [2.24, 2.45) is 5.73 Å². The monoisotopic (exact) mass is 271 g/mol. The van der Waals surface area contributed by atoms with Crippen molar-refractivity contribution in [2.75, 3.05) is 0 Å². The Kier molecular flexibility index (Phi) is 3.43. The fourth-order valence-electron chi connectivity index (χ4n) is 2.08. The standard InChI is InChI=1S/C14H16F3NO/c1-13(18,14(15,16)17)12(19)11-7-5-10(6-8-11)9-3-2-4-9/h5-9H,2-4,18H2,1H3. The van der Waals surface area contributed by atoms with Crippen molar-refractivity contribution >= 4 is 5.78 Å². The number of halogens is 3. The predicted molar refractivity (Wildman–Crippen MR) is 66.0 cm³/mol. The van der Waals surface area contributed by atoms with Gasteiger partial charge in [0.15, 0.2) is 11.3 Å². The van der Waals surface area contributed by atoms with Gasteiger partial charge in [-0.25, -0.2) is 0 Å². The topological polar surface area (TPSA) is 43.1 Å². The lowest BCUT2D eigenvalue weighted by Gasteiger charge is -2.27. The van der Waals surface area contributed by atoms with E-state index in [1.54, 1.807) is 12.1 Å². The number of hydrogen-bond acceptors (Lipinski definition) is 2. The number of carbonyl (C=O) groups is 1. The molecule has 0 heterocycles. The predicted octanol–water partition coefficient (Wildman–Crippen LogP) is 3.42. The molecule has 19 heavy (non-hydrogen) atoms. The average Bonchev–Trinajstić information content (AvgIpc) is 2.25. The highest BCUT2D eigenvalue weighted by molar-refractivity contribution is 6.03. The van der Waals surface area contributed by atoms with Gasteiger partial charge in [0.1, 0.15) is 0 Å². The van der Waals surface area contributed by atoms with Crippen LogP contribution in [-0.2, 0) is 0 Å². The van der Waals surface area contributed by atoms with Gasteiger partial charge in [-0.3, -0.25) is 4.79 Å². The minimum atomic E-state index is -4.75. The Morgan fingerprint density at radius 2 is 1.74 bits per heavy atom. The molecular formula is C14H16F3NO. The van der Waals surface area contributed by atoms with Crippen LogP contribution in [-0.4, -0.2) is 17.5 Å². The van der Waals surface area contributed by atoms with Crippen LogP contribution in [0.4, 0.5) is 13.2 Å². The van der Waals surface area contributed by atoms with Gasteiger partial charge in [0.25, 0.3) is 0 Å². The lowest BCUT2D eigenvalue weighted by Crippen LogP contribution is -2.57. The molecule has 5 heteroatoms. The minimum Gasteiger partial charge on any atom is -0.311 e. The number of alkyl halides is 3. The van der Waals surface area contributed by atoms with Crippen molar-refractivity contribution < 1.29 is 18.0 Å². The Bertz CT molecular complexity index is 472. The molecule has 1 aliphatic rings. The highest BCUT2D eigenvalue weighted by atomic mass is 19.4. The zero-order chi connectivity index (χ0) is 14.3. The van der Waals surface area contributed by atoms with E-state index in [-0.39, 0.29) is 5.56 Å². The summed E-state index contributed by atoms with van der Waals surface area (Å²) >= 11 is 0. The van der Waals surface area contributed by atoms with E-state index in [1.165, 1.54) is 18.6 Å². The van der Waals surface area contributed by atoms with Gasteiger partial charge in [-0.15, -0.1) is 0 Å². The van der Waals surface area contributed by atoms with Crippen LogP contribution in [0.25, 0.3) is 0 Å². The number of hydrogen-bond donors (Lipinski definition) is 1. The lowest BCUT2D eigenvalue weighted by molar-refractivity contribution is -0.165. The Labute approximate surface area is 109 Å². The van der Waals surface area contributed by atoms with E-state index in [2.05, 4.69) is 0 Å². The Morgan fingerprint density at radius 3 is 2.11 bits per heavy atom. The van der Waals surface area contributed by atoms with Crippen molar-refractivity contribution in [3.63, 3.8) is 0 Å². The molecule has 1 aliphatic carbocycles. The highest BCUT2D eigenvalue weighted by Gasteiger charge is 2.53. The fraction of sp³-hybridized carbons (Fsp3) is 0.500. The summed E-state index contributed by atoms with van der Waals surface area (Å²) in [6.45, 7) is 0.704. The van der Waals surface area contributed by atoms with Crippen LogP contribution in [0.5, 0.6) is 0 Å². The van der Waals surface area contributed by atoms with Crippen LogP contribution in [0, 0.1) is 0 Å². The van der Waals surface area contributed by atoms with Gasteiger partial charge in [0, 0.05) is 5.56 Å². The van der Waals surface area contributed by atoms with E-state index >= 15 is 0 Å². The summed E-state index contributed by atoms with van der Waals surface area (Å²) in [6.07, 6.45) is -1.37. The quantitative estimate of drug-likeness (QED) is 0.856. The number of benzene rings is 1. The van der Waals surface area contributed by atoms with Gasteiger partial charge < -0.3 is 5.73 Å². The van der Waals surface area contributed by atoms with Gasteiger partial charge in [0.05, 0.1) is 0 Å². The number of rotatable bonds is 3. The van der Waals surface area contributed by atoms with Gasteiger partial charge in [-0.05, 0) is 31.2 Å². The molecular weight excluding hydrogens is 255 g/mol. The van der Waals surface area contributed by atoms with Crippen LogP contribution < -0.4 is 5.73 Å². The molecule has 0 amide bonds. The Morgan fingerprint density at radius 1 is 1.21 bits per heavy atom. The molecule has 1 unspecified atom stereocenters. The molecule has 0 aromatic heterocycles. The van der Waals surface area contributed by atoms with Gasteiger partial charge in [0.2, 0.25) is 0 Å². The van der Waals surface area contributed by atoms with Gasteiger partial charge >= 0.3 is 6.18 Å². The van der Waals surface area contributed by atoms with E-state index < -0.39 is 17.5 Å². The SMILES string of the molecule is CC(N)(C(=O)c1ccc(C2CCC2)cc1)C(F)(F)F. The zero-order valence-corrected chi connectivity index (χ0v) is 10.6. The van der Waals surface area contributed by atoms with Crippen LogP contribution in [0.2, 0.25) is 0 Å². The third-order valence-corrected chi connectivity index (χ3v) is 3.81. The molecule has 0 spiro atoms. The molecule has 1 fully saturated rings. The summed E-state index contributed by atoms with van der Waals surface area (Å²) in [4.78, 5) is 11.8. The molecule has 1 saturated carbocycles. The highest BCUT2D eigenvalue weighted by Crippen LogP contribution is 2.37. The number of carbonyl (C=O) groups excluding carboxylic acids is 1. The van der Waals surface area contributed by atoms with Crippen molar-refractivity contribution in [1.82, 2.24) is 0 Å². The van der Waals surface area contributed by atoms with E-state index in [9.17, 15) is 18.0 Å². The molecule has 1 atom stereocenters. The van der Waals surface area contributed by atoms with Crippen LogP contribution in [0.1, 0.15) is 48.0 Å². The van der Waals surface area contributed by atoms with Crippen LogP contribution in [0.15, 0.2) is 24.3 Å². The second kappa shape index (κ2) is 4.63. The number of nitrogens with two attached hydrogens (primary N) is 1. The third kappa shape index (κ3) is 2.52. The summed E-state index contributed by atoms with van der Waals surface area (Å²) in [7, 11) is 0. The maximum atomic E-state index is 12.7. The molecule has 0 saturated heterocycles. The average molecular weight is 271 g/mol.